The van der Waals surface area contributed by atoms with Crippen molar-refractivity contribution in [3.63, 3.8) is 0 Å². The molecule has 2 aliphatic heterocycles. The molecule has 7 heteroatoms. The van der Waals surface area contributed by atoms with Gasteiger partial charge in [-0.25, -0.2) is 9.38 Å². The Labute approximate surface area is 205 Å². The Kier molecular flexibility index (Phi) is 6.56. The molecule has 1 saturated heterocycles. The van der Waals surface area contributed by atoms with Crippen LogP contribution in [0.5, 0.6) is 5.75 Å². The Morgan fingerprint density at radius 2 is 1.80 bits per heavy atom. The number of benzene rings is 2. The van der Waals surface area contributed by atoms with Crippen molar-refractivity contribution in [3.05, 3.63) is 76.2 Å². The second-order valence-corrected chi connectivity index (χ2v) is 9.21. The maximum absolute atomic E-state index is 14.8. The third kappa shape index (κ3) is 4.54. The summed E-state index contributed by atoms with van der Waals surface area (Å²) in [5.74, 6) is 1.04. The summed E-state index contributed by atoms with van der Waals surface area (Å²) in [6.07, 6.45) is 5.21. The van der Waals surface area contributed by atoms with Gasteiger partial charge in [0.15, 0.2) is 0 Å². The molecule has 0 atom stereocenters. The molecule has 0 aromatic heterocycles. The number of piperidine rings is 1. The summed E-state index contributed by atoms with van der Waals surface area (Å²) in [6.45, 7) is 1.92. The summed E-state index contributed by atoms with van der Waals surface area (Å²) in [4.78, 5) is 7.28. The number of methoxy groups -OCH3 is 1. The van der Waals surface area contributed by atoms with E-state index in [1.807, 2.05) is 36.4 Å². The molecule has 5 rings (SSSR count). The monoisotopic (exact) mass is 471 g/mol. The van der Waals surface area contributed by atoms with Gasteiger partial charge in [0.05, 0.1) is 30.1 Å². The van der Waals surface area contributed by atoms with Gasteiger partial charge in [-0.2, -0.15) is 5.26 Å². The molecule has 2 aromatic rings. The number of halogens is 1. The Morgan fingerprint density at radius 1 is 1.09 bits per heavy atom. The largest absolute Gasteiger partial charge is 0.497 e. The number of nitriles is 1. The van der Waals surface area contributed by atoms with Crippen molar-refractivity contribution in [3.8, 4) is 11.8 Å². The van der Waals surface area contributed by atoms with E-state index in [1.165, 1.54) is 11.6 Å². The minimum absolute atomic E-state index is 0.0365. The van der Waals surface area contributed by atoms with Gasteiger partial charge in [-0.15, -0.1) is 0 Å². The molecule has 1 saturated carbocycles. The second kappa shape index (κ2) is 9.93. The summed E-state index contributed by atoms with van der Waals surface area (Å²) < 4.78 is 20.1. The van der Waals surface area contributed by atoms with Crippen LogP contribution in [0.1, 0.15) is 48.8 Å². The van der Waals surface area contributed by atoms with Gasteiger partial charge in [-0.05, 0) is 80.6 Å². The van der Waals surface area contributed by atoms with E-state index in [4.69, 9.17) is 9.73 Å². The average molecular weight is 472 g/mol. The van der Waals surface area contributed by atoms with Gasteiger partial charge in [-0.1, -0.05) is 18.2 Å². The number of allylic oxidation sites excluding steroid dienone is 2. The van der Waals surface area contributed by atoms with Crippen LogP contribution in [0, 0.1) is 17.1 Å². The molecule has 2 heterocycles. The van der Waals surface area contributed by atoms with E-state index in [-0.39, 0.29) is 11.6 Å². The van der Waals surface area contributed by atoms with Gasteiger partial charge in [-0.3, -0.25) is 0 Å². The molecule has 35 heavy (non-hydrogen) atoms. The molecule has 2 fully saturated rings. The van der Waals surface area contributed by atoms with Gasteiger partial charge >= 0.3 is 0 Å². The van der Waals surface area contributed by atoms with E-state index in [1.54, 1.807) is 13.2 Å². The predicted octanol–water partition coefficient (Wildman–Crippen LogP) is 4.66. The highest BCUT2D eigenvalue weighted by Crippen LogP contribution is 2.42. The number of nitrogens with zero attached hydrogens (tertiary/aromatic N) is 3. The Bertz CT molecular complexity index is 1240. The van der Waals surface area contributed by atoms with Crippen LogP contribution in [-0.2, 0) is 0 Å². The van der Waals surface area contributed by atoms with E-state index < -0.39 is 5.82 Å². The highest BCUT2D eigenvalue weighted by atomic mass is 19.1. The van der Waals surface area contributed by atoms with Crippen molar-refractivity contribution in [2.75, 3.05) is 27.2 Å². The number of likely N-dealkylation sites (N-methyl/N-ethyl adjacent to an activating group) is 1. The van der Waals surface area contributed by atoms with Crippen molar-refractivity contribution < 1.29 is 9.13 Å². The van der Waals surface area contributed by atoms with Crippen molar-refractivity contribution in [2.24, 2.45) is 4.99 Å². The van der Waals surface area contributed by atoms with Crippen LogP contribution in [-0.4, -0.2) is 44.1 Å². The molecular formula is C28H30FN5O. The summed E-state index contributed by atoms with van der Waals surface area (Å²) in [6, 6.07) is 14.9. The molecule has 2 aromatic carbocycles. The van der Waals surface area contributed by atoms with Crippen LogP contribution in [0.25, 0.3) is 11.3 Å². The van der Waals surface area contributed by atoms with Crippen LogP contribution >= 0.6 is 0 Å². The van der Waals surface area contributed by atoms with Gasteiger partial charge < -0.3 is 20.3 Å². The van der Waals surface area contributed by atoms with Gasteiger partial charge in [0.2, 0.25) is 5.96 Å². The summed E-state index contributed by atoms with van der Waals surface area (Å²) >= 11 is 0. The molecule has 180 valence electrons. The zero-order valence-corrected chi connectivity index (χ0v) is 20.2. The summed E-state index contributed by atoms with van der Waals surface area (Å²) in [7, 11) is 3.72. The van der Waals surface area contributed by atoms with Gasteiger partial charge in [0.1, 0.15) is 17.6 Å². The van der Waals surface area contributed by atoms with Crippen molar-refractivity contribution in [2.45, 2.75) is 38.1 Å². The number of rotatable bonds is 4. The topological polar surface area (TPSA) is 72.7 Å². The van der Waals surface area contributed by atoms with Crippen LogP contribution in [0.4, 0.5) is 4.39 Å². The average Bonchev–Trinajstić information content (AvgIpc) is 2.86. The van der Waals surface area contributed by atoms with Crippen LogP contribution in [0.3, 0.4) is 0 Å². The zero-order chi connectivity index (χ0) is 24.4. The van der Waals surface area contributed by atoms with Crippen LogP contribution in [0.2, 0.25) is 0 Å². The van der Waals surface area contributed by atoms with E-state index in [9.17, 15) is 9.65 Å². The fraction of sp³-hybridized carbons (Fsp3) is 0.357. The first-order chi connectivity index (χ1) is 17.1. The molecule has 0 amide bonds. The normalized spacial score (nSPS) is 19.9. The fourth-order valence-corrected chi connectivity index (χ4v) is 4.90. The van der Waals surface area contributed by atoms with Crippen molar-refractivity contribution in [1.29, 1.82) is 5.26 Å². The van der Waals surface area contributed by atoms with Gasteiger partial charge in [0.25, 0.3) is 0 Å². The molecule has 0 bridgehead atoms. The quantitative estimate of drug-likeness (QED) is 0.679. The number of ether oxygens (including phenoxy) is 1. The first-order valence-electron chi connectivity index (χ1n) is 12.2. The molecular weight excluding hydrogens is 441 g/mol. The highest BCUT2D eigenvalue weighted by molar-refractivity contribution is 6.09. The Morgan fingerprint density at radius 3 is 2.40 bits per heavy atom. The minimum Gasteiger partial charge on any atom is -0.497 e. The van der Waals surface area contributed by atoms with Gasteiger partial charge in [0, 0.05) is 18.2 Å². The number of hydrogen-bond acceptors (Lipinski definition) is 4. The third-order valence-corrected chi connectivity index (χ3v) is 7.04. The third-order valence-electron chi connectivity index (χ3n) is 7.04. The number of hydrogen-bond donors (Lipinski definition) is 2. The minimum atomic E-state index is -0.526. The number of nitrogens with one attached hydrogen (secondary N) is 2. The standard InChI is InChI=1S/C28H30FN5O/c1-34-27(19-4-3-5-19)25(18-8-10-23(35-2)11-9-18)26(20-6-7-21(17-30)24(29)16-20)33-28(34)32-22-12-14-31-15-13-22/h6-11,16,22,31H,3-5,12-15H2,1-2H3,(H,32,33). The Hall–Kier alpha value is -3.63. The maximum Gasteiger partial charge on any atom is 0.203 e. The van der Waals surface area contributed by atoms with E-state index in [2.05, 4.69) is 22.6 Å². The lowest BCUT2D eigenvalue weighted by Gasteiger charge is -2.39. The van der Waals surface area contributed by atoms with E-state index in [0.29, 0.717) is 5.56 Å². The lowest BCUT2D eigenvalue weighted by molar-refractivity contribution is 0.415. The zero-order valence-electron chi connectivity index (χ0n) is 20.2. The molecule has 0 unspecified atom stereocenters. The molecule has 0 radical (unpaired) electrons. The summed E-state index contributed by atoms with van der Waals surface area (Å²) in [5.41, 5.74) is 6.07. The van der Waals surface area contributed by atoms with Crippen molar-refractivity contribution >= 4 is 17.2 Å². The Balaban J connectivity index is 1.71. The smallest absolute Gasteiger partial charge is 0.203 e. The highest BCUT2D eigenvalue weighted by Gasteiger charge is 2.32. The fourth-order valence-electron chi connectivity index (χ4n) is 4.90. The first kappa shape index (κ1) is 23.1. The van der Waals surface area contributed by atoms with Crippen molar-refractivity contribution in [1.82, 2.24) is 15.5 Å². The maximum atomic E-state index is 14.8. The van der Waals surface area contributed by atoms with Crippen LogP contribution < -0.4 is 15.4 Å². The lowest BCUT2D eigenvalue weighted by atomic mass is 9.84. The molecule has 1 aliphatic carbocycles. The second-order valence-electron chi connectivity index (χ2n) is 9.21. The lowest BCUT2D eigenvalue weighted by Crippen LogP contribution is -2.44. The SMILES string of the molecule is COc1ccc(C2=C(c3ccc(C#N)c(F)c3)NC(=NC3CCNCC3)N(C)C2=C2CCC2)cc1. The number of guanidine groups is 1. The number of aliphatic imine (C=N–C) groups is 1. The van der Waals surface area contributed by atoms with E-state index in [0.717, 1.165) is 79.4 Å². The molecule has 2 N–H and O–H groups in total. The molecule has 3 aliphatic rings. The van der Waals surface area contributed by atoms with Crippen LogP contribution in [0.15, 0.2) is 58.7 Å². The first-order valence-corrected chi connectivity index (χ1v) is 12.2. The summed E-state index contributed by atoms with van der Waals surface area (Å²) in [5, 5.41) is 16.2. The molecule has 6 nitrogen and oxygen atoms in total. The molecule has 0 spiro atoms. The van der Waals surface area contributed by atoms with E-state index >= 15 is 0 Å². The predicted molar refractivity (Wildman–Crippen MR) is 136 cm³/mol.